The number of aromatic amines is 1. The minimum Gasteiger partial charge on any atom is -0.443 e. The van der Waals surface area contributed by atoms with E-state index in [1.807, 2.05) is 37.3 Å². The van der Waals surface area contributed by atoms with Gasteiger partial charge >= 0.3 is 4.87 Å². The Bertz CT molecular complexity index is 1890. The largest absolute Gasteiger partial charge is 0.443 e. The second kappa shape index (κ2) is 11.0. The van der Waals surface area contributed by atoms with Gasteiger partial charge in [-0.1, -0.05) is 23.7 Å². The predicted octanol–water partition coefficient (Wildman–Crippen LogP) is 5.71. The molecule has 6 heterocycles. The number of piperidine rings is 1. The van der Waals surface area contributed by atoms with Gasteiger partial charge in [0.1, 0.15) is 11.5 Å². The topological polar surface area (TPSA) is 107 Å². The van der Waals surface area contributed by atoms with Crippen molar-refractivity contribution in [2.45, 2.75) is 57.1 Å². The van der Waals surface area contributed by atoms with Crippen LogP contribution < -0.4 is 14.3 Å². The zero-order chi connectivity index (χ0) is 29.8. The maximum atomic E-state index is 11.7. The number of para-hydroxylation sites is 1. The second-order valence-electron chi connectivity index (χ2n) is 11.8. The highest BCUT2D eigenvalue weighted by Gasteiger charge is 2.42. The summed E-state index contributed by atoms with van der Waals surface area (Å²) in [6.07, 6.45) is 4.86. The molecule has 2 fully saturated rings. The van der Waals surface area contributed by atoms with Gasteiger partial charge in [0.05, 0.1) is 35.2 Å². The molecule has 0 unspecified atom stereocenters. The molecule has 0 saturated carbocycles. The summed E-state index contributed by atoms with van der Waals surface area (Å²) >= 11 is 6.99. The molecule has 0 aliphatic carbocycles. The first-order valence-electron chi connectivity index (χ1n) is 14.9. The van der Waals surface area contributed by atoms with E-state index in [2.05, 4.69) is 35.9 Å². The SMILES string of the molecule is C[C@@]1(c2ccc(Cl)cn2)Oc2cccc(C3CCN(Cc4nc5ccc(-c6nsc(=O)[nH]6)cc5n4C[C@@H]4CCO4)CC3)c2O1. The maximum absolute atomic E-state index is 11.7. The summed E-state index contributed by atoms with van der Waals surface area (Å²) in [4.78, 5) is 26.4. The number of halogens is 1. The summed E-state index contributed by atoms with van der Waals surface area (Å²) < 4.78 is 25.2. The molecule has 226 valence electrons. The van der Waals surface area contributed by atoms with Crippen molar-refractivity contribution in [2.24, 2.45) is 0 Å². The molecule has 1 N–H and O–H groups in total. The predicted molar refractivity (Wildman–Crippen MR) is 167 cm³/mol. The first-order chi connectivity index (χ1) is 21.4. The molecular formula is C32H31ClN6O4S. The molecule has 2 atom stereocenters. The van der Waals surface area contributed by atoms with E-state index in [4.69, 9.17) is 30.8 Å². The fraction of sp³-hybridized carbons (Fsp3) is 0.375. The van der Waals surface area contributed by atoms with Gasteiger partial charge in [0, 0.05) is 42.4 Å². The highest BCUT2D eigenvalue weighted by molar-refractivity contribution is 7.03. The van der Waals surface area contributed by atoms with Crippen molar-refractivity contribution in [2.75, 3.05) is 19.7 Å². The van der Waals surface area contributed by atoms with Crippen LogP contribution >= 0.6 is 23.1 Å². The van der Waals surface area contributed by atoms with E-state index in [0.717, 1.165) is 97.5 Å². The fourth-order valence-electron chi connectivity index (χ4n) is 6.45. The Balaban J connectivity index is 1.00. The van der Waals surface area contributed by atoms with Gasteiger partial charge in [-0.15, -0.1) is 0 Å². The van der Waals surface area contributed by atoms with Crippen LogP contribution in [-0.4, -0.2) is 54.6 Å². The average Bonchev–Trinajstić information content (AvgIpc) is 3.70. The number of pyridine rings is 1. The highest BCUT2D eigenvalue weighted by atomic mass is 35.5. The van der Waals surface area contributed by atoms with E-state index in [-0.39, 0.29) is 11.0 Å². The zero-order valence-corrected chi connectivity index (χ0v) is 25.7. The van der Waals surface area contributed by atoms with Gasteiger partial charge in [0.25, 0.3) is 5.79 Å². The third-order valence-corrected chi connectivity index (χ3v) is 9.68. The first kappa shape index (κ1) is 27.8. The number of imidazole rings is 1. The van der Waals surface area contributed by atoms with Crippen molar-refractivity contribution < 1.29 is 14.2 Å². The molecule has 3 aliphatic rings. The summed E-state index contributed by atoms with van der Waals surface area (Å²) in [5.74, 6) is 2.53. The van der Waals surface area contributed by atoms with Gasteiger partial charge in [0.15, 0.2) is 17.3 Å². The Labute approximate surface area is 262 Å². The summed E-state index contributed by atoms with van der Waals surface area (Å²) in [6.45, 7) is 6.10. The van der Waals surface area contributed by atoms with Gasteiger partial charge in [-0.2, -0.15) is 4.37 Å². The van der Waals surface area contributed by atoms with Crippen molar-refractivity contribution in [1.29, 1.82) is 0 Å². The fourth-order valence-corrected chi connectivity index (χ4v) is 7.03. The molecule has 0 radical (unpaired) electrons. The van der Waals surface area contributed by atoms with Crippen LogP contribution in [0.5, 0.6) is 11.5 Å². The Morgan fingerprint density at radius 3 is 2.70 bits per heavy atom. The van der Waals surface area contributed by atoms with Gasteiger partial charge in [-0.3, -0.25) is 19.7 Å². The monoisotopic (exact) mass is 630 g/mol. The quantitative estimate of drug-likeness (QED) is 0.244. The Morgan fingerprint density at radius 1 is 1.11 bits per heavy atom. The zero-order valence-electron chi connectivity index (χ0n) is 24.2. The van der Waals surface area contributed by atoms with E-state index < -0.39 is 5.79 Å². The third-order valence-electron chi connectivity index (χ3n) is 8.92. The molecular weight excluding hydrogens is 600 g/mol. The lowest BCUT2D eigenvalue weighted by Crippen LogP contribution is -2.35. The van der Waals surface area contributed by atoms with Crippen LogP contribution in [0.25, 0.3) is 22.4 Å². The molecule has 3 aliphatic heterocycles. The van der Waals surface area contributed by atoms with E-state index in [1.54, 1.807) is 12.3 Å². The number of likely N-dealkylation sites (tertiary alicyclic amines) is 1. The highest BCUT2D eigenvalue weighted by Crippen LogP contribution is 2.49. The van der Waals surface area contributed by atoms with Crippen molar-refractivity contribution in [3.05, 3.63) is 86.5 Å². The van der Waals surface area contributed by atoms with Crippen LogP contribution in [-0.2, 0) is 23.6 Å². The van der Waals surface area contributed by atoms with Gasteiger partial charge in [-0.05, 0) is 74.7 Å². The van der Waals surface area contributed by atoms with Crippen LogP contribution in [0.15, 0.2) is 59.5 Å². The van der Waals surface area contributed by atoms with Gasteiger partial charge < -0.3 is 18.8 Å². The Hall–Kier alpha value is -3.77. The van der Waals surface area contributed by atoms with Crippen molar-refractivity contribution in [3.63, 3.8) is 0 Å². The molecule has 0 amide bonds. The van der Waals surface area contributed by atoms with E-state index >= 15 is 0 Å². The number of fused-ring (bicyclic) bond motifs is 2. The number of hydrogen-bond acceptors (Lipinski definition) is 9. The molecule has 3 aromatic heterocycles. The second-order valence-corrected chi connectivity index (χ2v) is 13.0. The van der Waals surface area contributed by atoms with Crippen molar-refractivity contribution in [3.8, 4) is 22.9 Å². The number of ether oxygens (including phenoxy) is 3. The smallest absolute Gasteiger partial charge is 0.323 e. The van der Waals surface area contributed by atoms with Gasteiger partial charge in [-0.25, -0.2) is 4.98 Å². The molecule has 2 aromatic carbocycles. The molecule has 10 nitrogen and oxygen atoms in total. The number of hydrogen-bond donors (Lipinski definition) is 1. The molecule has 44 heavy (non-hydrogen) atoms. The van der Waals surface area contributed by atoms with Crippen molar-refractivity contribution in [1.82, 2.24) is 28.8 Å². The molecule has 0 bridgehead atoms. The van der Waals surface area contributed by atoms with Crippen LogP contribution in [0, 0.1) is 0 Å². The number of benzene rings is 2. The minimum atomic E-state index is -0.998. The van der Waals surface area contributed by atoms with Crippen LogP contribution in [0.1, 0.15) is 49.2 Å². The number of aromatic nitrogens is 5. The van der Waals surface area contributed by atoms with Crippen molar-refractivity contribution >= 4 is 34.2 Å². The van der Waals surface area contributed by atoms with Crippen LogP contribution in [0.2, 0.25) is 5.02 Å². The van der Waals surface area contributed by atoms with E-state index in [1.165, 1.54) is 5.56 Å². The Morgan fingerprint density at radius 2 is 1.98 bits per heavy atom. The third kappa shape index (κ3) is 5.07. The van der Waals surface area contributed by atoms with E-state index in [0.29, 0.717) is 22.5 Å². The first-order valence-corrected chi connectivity index (χ1v) is 16.1. The summed E-state index contributed by atoms with van der Waals surface area (Å²) in [7, 11) is 0. The summed E-state index contributed by atoms with van der Waals surface area (Å²) in [5, 5.41) is 0.574. The molecule has 5 aromatic rings. The summed E-state index contributed by atoms with van der Waals surface area (Å²) in [5.41, 5.74) is 4.71. The van der Waals surface area contributed by atoms with Gasteiger partial charge in [0.2, 0.25) is 0 Å². The lowest BCUT2D eigenvalue weighted by molar-refractivity contribution is -0.0722. The molecule has 12 heteroatoms. The van der Waals surface area contributed by atoms with Crippen LogP contribution in [0.3, 0.4) is 0 Å². The average molecular weight is 631 g/mol. The minimum absolute atomic E-state index is 0.160. The molecule has 2 saturated heterocycles. The lowest BCUT2D eigenvalue weighted by atomic mass is 9.88. The Kier molecular flexibility index (Phi) is 6.93. The number of nitrogens with zero attached hydrogens (tertiary/aromatic N) is 5. The maximum Gasteiger partial charge on any atom is 0.323 e. The van der Waals surface area contributed by atoms with Crippen LogP contribution in [0.4, 0.5) is 0 Å². The lowest BCUT2D eigenvalue weighted by Gasteiger charge is -2.33. The number of nitrogens with one attached hydrogen (secondary N) is 1. The van der Waals surface area contributed by atoms with E-state index in [9.17, 15) is 4.79 Å². The number of H-pyrrole nitrogens is 1. The number of rotatable bonds is 7. The molecule has 8 rings (SSSR count). The molecule has 0 spiro atoms. The standard InChI is InChI=1S/C32H31ClN6O4S/c1-32(27-8-6-21(33)16-34-27)42-26-4-2-3-23(29(26)43-32)19-9-12-38(13-10-19)18-28-35-24-7-5-20(30-36-31(40)44-37-30)15-25(24)39(28)17-22-11-14-41-22/h2-8,15-16,19,22H,9-14,17-18H2,1H3,(H,36,37,40)/t22-,32+/m0/s1. The summed E-state index contributed by atoms with van der Waals surface area (Å²) in [6, 6.07) is 15.9. The normalized spacial score (nSPS) is 22.0.